The topological polar surface area (TPSA) is 89.3 Å². The van der Waals surface area contributed by atoms with Gasteiger partial charge in [-0.15, -0.1) is 0 Å². The zero-order valence-electron chi connectivity index (χ0n) is 11.3. The lowest BCUT2D eigenvalue weighted by atomic mass is 10.1. The number of nitrogens with one attached hydrogen (secondary N) is 2. The summed E-state index contributed by atoms with van der Waals surface area (Å²) >= 11 is 0. The lowest BCUT2D eigenvalue weighted by Crippen LogP contribution is -2.14. The molecule has 0 saturated heterocycles. The van der Waals surface area contributed by atoms with Crippen LogP contribution in [-0.2, 0) is 0 Å². The first-order valence-electron chi connectivity index (χ1n) is 6.02. The van der Waals surface area contributed by atoms with E-state index in [0.717, 1.165) is 17.0 Å². The van der Waals surface area contributed by atoms with E-state index >= 15 is 0 Å². The summed E-state index contributed by atoms with van der Waals surface area (Å²) in [6.07, 6.45) is 1.46. The molecular formula is C14H16N4O2. The maximum atomic E-state index is 12.1. The van der Waals surface area contributed by atoms with Crippen molar-refractivity contribution in [3.63, 3.8) is 0 Å². The number of anilines is 2. The van der Waals surface area contributed by atoms with Gasteiger partial charge in [-0.2, -0.15) is 0 Å². The highest BCUT2D eigenvalue weighted by Gasteiger charge is 2.08. The smallest absolute Gasteiger partial charge is 0.257 e. The van der Waals surface area contributed by atoms with Crippen LogP contribution in [0.2, 0.25) is 0 Å². The number of benzene rings is 1. The third-order valence-corrected chi connectivity index (χ3v) is 2.86. The van der Waals surface area contributed by atoms with E-state index in [2.05, 4.69) is 15.7 Å². The molecule has 0 bridgehead atoms. The third kappa shape index (κ3) is 3.04. The molecular weight excluding hydrogens is 256 g/mol. The fraction of sp³-hybridized carbons (Fsp3) is 0.143. The van der Waals surface area contributed by atoms with Crippen LogP contribution in [0.4, 0.5) is 11.5 Å². The van der Waals surface area contributed by atoms with Gasteiger partial charge in [-0.1, -0.05) is 0 Å². The summed E-state index contributed by atoms with van der Waals surface area (Å²) < 4.78 is 5.12. The number of carbonyl (C=O) groups is 1. The average molecular weight is 272 g/mol. The highest BCUT2D eigenvalue weighted by atomic mass is 16.5. The van der Waals surface area contributed by atoms with Crippen molar-refractivity contribution in [1.29, 1.82) is 0 Å². The summed E-state index contributed by atoms with van der Waals surface area (Å²) in [7, 11) is 1.60. The molecule has 0 atom stereocenters. The van der Waals surface area contributed by atoms with E-state index in [1.54, 1.807) is 31.4 Å². The van der Waals surface area contributed by atoms with Crippen LogP contribution in [0, 0.1) is 6.92 Å². The first-order valence-corrected chi connectivity index (χ1v) is 6.02. The first-order chi connectivity index (χ1) is 9.63. The number of hydrogen-bond donors (Lipinski definition) is 3. The second kappa shape index (κ2) is 6.03. The second-order valence-corrected chi connectivity index (χ2v) is 4.21. The molecule has 0 aliphatic rings. The zero-order valence-corrected chi connectivity index (χ0v) is 11.3. The maximum Gasteiger partial charge on any atom is 0.257 e. The molecule has 0 unspecified atom stereocenters. The van der Waals surface area contributed by atoms with Crippen LogP contribution in [0.5, 0.6) is 5.75 Å². The monoisotopic (exact) mass is 272 g/mol. The Kier molecular flexibility index (Phi) is 4.17. The van der Waals surface area contributed by atoms with Crippen molar-refractivity contribution in [1.82, 2.24) is 4.98 Å². The Labute approximate surface area is 116 Å². The van der Waals surface area contributed by atoms with E-state index < -0.39 is 0 Å². The first kappa shape index (κ1) is 13.8. The minimum atomic E-state index is -0.227. The normalized spacial score (nSPS) is 9.95. The van der Waals surface area contributed by atoms with Crippen LogP contribution >= 0.6 is 0 Å². The Balaban J connectivity index is 2.14. The van der Waals surface area contributed by atoms with Gasteiger partial charge < -0.3 is 15.5 Å². The molecule has 0 saturated carbocycles. The van der Waals surface area contributed by atoms with Gasteiger partial charge in [0, 0.05) is 11.9 Å². The summed E-state index contributed by atoms with van der Waals surface area (Å²) in [6, 6.07) is 8.74. The standard InChI is InChI=1S/C14H16N4O2/c1-9-7-11(20-2)4-5-12(9)17-14(19)10-3-6-13(18-15)16-8-10/h3-8H,15H2,1-2H3,(H,16,18)(H,17,19). The molecule has 2 rings (SSSR count). The quantitative estimate of drug-likeness (QED) is 0.584. The predicted molar refractivity (Wildman–Crippen MR) is 77.7 cm³/mol. The molecule has 0 fully saturated rings. The van der Waals surface area contributed by atoms with Crippen molar-refractivity contribution in [2.45, 2.75) is 6.92 Å². The highest BCUT2D eigenvalue weighted by Crippen LogP contribution is 2.21. The fourth-order valence-corrected chi connectivity index (χ4v) is 1.71. The molecule has 6 heteroatoms. The van der Waals surface area contributed by atoms with Gasteiger partial charge in [-0.25, -0.2) is 10.8 Å². The van der Waals surface area contributed by atoms with Gasteiger partial charge in [0.15, 0.2) is 0 Å². The lowest BCUT2D eigenvalue weighted by Gasteiger charge is -2.10. The Morgan fingerprint density at radius 3 is 2.65 bits per heavy atom. The lowest BCUT2D eigenvalue weighted by molar-refractivity contribution is 0.102. The average Bonchev–Trinajstić information content (AvgIpc) is 2.49. The van der Waals surface area contributed by atoms with E-state index in [1.807, 2.05) is 13.0 Å². The summed E-state index contributed by atoms with van der Waals surface area (Å²) in [5.74, 6) is 6.25. The summed E-state index contributed by atoms with van der Waals surface area (Å²) in [5.41, 5.74) is 4.52. The van der Waals surface area contributed by atoms with Crippen molar-refractivity contribution < 1.29 is 9.53 Å². The molecule has 0 aliphatic heterocycles. The van der Waals surface area contributed by atoms with Gasteiger partial charge in [0.25, 0.3) is 5.91 Å². The molecule has 1 amide bonds. The molecule has 6 nitrogen and oxygen atoms in total. The molecule has 4 N–H and O–H groups in total. The van der Waals surface area contributed by atoms with E-state index in [0.29, 0.717) is 11.4 Å². The SMILES string of the molecule is COc1ccc(NC(=O)c2ccc(NN)nc2)c(C)c1. The third-order valence-electron chi connectivity index (χ3n) is 2.86. The van der Waals surface area contributed by atoms with E-state index in [-0.39, 0.29) is 5.91 Å². The molecule has 1 heterocycles. The number of hydrogen-bond acceptors (Lipinski definition) is 5. The number of methoxy groups -OCH3 is 1. The van der Waals surface area contributed by atoms with Crippen molar-refractivity contribution in [3.8, 4) is 5.75 Å². The second-order valence-electron chi connectivity index (χ2n) is 4.21. The highest BCUT2D eigenvalue weighted by molar-refractivity contribution is 6.04. The summed E-state index contributed by atoms with van der Waals surface area (Å²) in [5, 5.41) is 2.83. The van der Waals surface area contributed by atoms with Crippen LogP contribution in [0.15, 0.2) is 36.5 Å². The molecule has 1 aromatic heterocycles. The van der Waals surface area contributed by atoms with Gasteiger partial charge in [0.1, 0.15) is 11.6 Å². The number of hydrazine groups is 1. The molecule has 1 aromatic carbocycles. The van der Waals surface area contributed by atoms with Crippen molar-refractivity contribution in [2.75, 3.05) is 17.9 Å². The van der Waals surface area contributed by atoms with Crippen molar-refractivity contribution in [3.05, 3.63) is 47.7 Å². The summed E-state index contributed by atoms with van der Waals surface area (Å²) in [4.78, 5) is 16.1. The minimum Gasteiger partial charge on any atom is -0.497 e. The molecule has 0 radical (unpaired) electrons. The van der Waals surface area contributed by atoms with Crippen LogP contribution in [-0.4, -0.2) is 18.0 Å². The number of carbonyl (C=O) groups excluding carboxylic acids is 1. The van der Waals surface area contributed by atoms with Gasteiger partial charge in [0.2, 0.25) is 0 Å². The number of rotatable bonds is 4. The number of ether oxygens (including phenoxy) is 1. The maximum absolute atomic E-state index is 12.1. The van der Waals surface area contributed by atoms with Gasteiger partial charge in [-0.05, 0) is 42.8 Å². The van der Waals surface area contributed by atoms with Crippen LogP contribution in [0.3, 0.4) is 0 Å². The van der Waals surface area contributed by atoms with Crippen LogP contribution in [0.1, 0.15) is 15.9 Å². The Hall–Kier alpha value is -2.60. The molecule has 2 aromatic rings. The molecule has 0 spiro atoms. The Bertz CT molecular complexity index is 611. The number of nitrogens with two attached hydrogens (primary N) is 1. The number of aromatic nitrogens is 1. The molecule has 0 aliphatic carbocycles. The molecule has 104 valence electrons. The number of aryl methyl sites for hydroxylation is 1. The van der Waals surface area contributed by atoms with Gasteiger partial charge >= 0.3 is 0 Å². The Morgan fingerprint density at radius 2 is 2.10 bits per heavy atom. The van der Waals surface area contributed by atoms with E-state index in [4.69, 9.17) is 10.6 Å². The minimum absolute atomic E-state index is 0.227. The van der Waals surface area contributed by atoms with Crippen LogP contribution < -0.4 is 21.3 Å². The largest absolute Gasteiger partial charge is 0.497 e. The van der Waals surface area contributed by atoms with E-state index in [9.17, 15) is 4.79 Å². The van der Waals surface area contributed by atoms with Crippen molar-refractivity contribution in [2.24, 2.45) is 5.84 Å². The van der Waals surface area contributed by atoms with E-state index in [1.165, 1.54) is 6.20 Å². The summed E-state index contributed by atoms with van der Waals surface area (Å²) in [6.45, 7) is 1.90. The molecule has 20 heavy (non-hydrogen) atoms. The fourth-order valence-electron chi connectivity index (χ4n) is 1.71. The number of amides is 1. The van der Waals surface area contributed by atoms with Gasteiger partial charge in [-0.3, -0.25) is 4.79 Å². The van der Waals surface area contributed by atoms with Crippen molar-refractivity contribution >= 4 is 17.4 Å². The van der Waals surface area contributed by atoms with Gasteiger partial charge in [0.05, 0.1) is 12.7 Å². The van der Waals surface area contributed by atoms with Crippen LogP contribution in [0.25, 0.3) is 0 Å². The Morgan fingerprint density at radius 1 is 1.30 bits per heavy atom. The number of nitrogen functional groups attached to an aromatic ring is 1. The predicted octanol–water partition coefficient (Wildman–Crippen LogP) is 1.94. The zero-order chi connectivity index (χ0) is 14.5. The number of nitrogens with zero attached hydrogens (tertiary/aromatic N) is 1. The number of pyridine rings is 1.